The molecular formula is C21H30N4O2. The van der Waals surface area contributed by atoms with Gasteiger partial charge in [0.25, 0.3) is 0 Å². The maximum Gasteiger partial charge on any atom is 0.228 e. The van der Waals surface area contributed by atoms with Crippen molar-refractivity contribution in [2.45, 2.75) is 32.4 Å². The molecule has 0 saturated carbocycles. The van der Waals surface area contributed by atoms with Crippen LogP contribution in [0.1, 0.15) is 20.3 Å². The van der Waals surface area contributed by atoms with Gasteiger partial charge in [0.15, 0.2) is 0 Å². The van der Waals surface area contributed by atoms with E-state index in [1.165, 1.54) is 0 Å². The van der Waals surface area contributed by atoms with Crippen molar-refractivity contribution in [2.75, 3.05) is 50.7 Å². The minimum Gasteiger partial charge on any atom is -0.339 e. The van der Waals surface area contributed by atoms with E-state index < -0.39 is 0 Å². The molecule has 0 bridgehead atoms. The van der Waals surface area contributed by atoms with Crippen LogP contribution in [-0.4, -0.2) is 84.4 Å². The lowest BCUT2D eigenvalue weighted by atomic mass is 10.0. The summed E-state index contributed by atoms with van der Waals surface area (Å²) < 4.78 is 0. The number of piperazine rings is 1. The van der Waals surface area contributed by atoms with Gasteiger partial charge in [0.1, 0.15) is 0 Å². The van der Waals surface area contributed by atoms with Crippen molar-refractivity contribution in [3.63, 3.8) is 0 Å². The van der Waals surface area contributed by atoms with Gasteiger partial charge in [-0.2, -0.15) is 0 Å². The highest BCUT2D eigenvalue weighted by molar-refractivity contribution is 6.00. The largest absolute Gasteiger partial charge is 0.339 e. The third kappa shape index (κ3) is 3.73. The average Bonchev–Trinajstić information content (AvgIpc) is 3.03. The molecule has 3 aliphatic rings. The van der Waals surface area contributed by atoms with E-state index in [0.29, 0.717) is 25.0 Å². The molecule has 6 nitrogen and oxygen atoms in total. The molecule has 27 heavy (non-hydrogen) atoms. The van der Waals surface area contributed by atoms with E-state index in [-0.39, 0.29) is 17.7 Å². The number of amides is 2. The Balaban J connectivity index is 1.27. The summed E-state index contributed by atoms with van der Waals surface area (Å²) >= 11 is 0. The topological polar surface area (TPSA) is 47.1 Å². The van der Waals surface area contributed by atoms with E-state index in [2.05, 4.69) is 23.6 Å². The smallest absolute Gasteiger partial charge is 0.228 e. The molecule has 1 aromatic rings. The van der Waals surface area contributed by atoms with Crippen molar-refractivity contribution in [3.8, 4) is 0 Å². The Kier molecular flexibility index (Phi) is 5.19. The summed E-state index contributed by atoms with van der Waals surface area (Å²) in [5.41, 5.74) is 0.891. The third-order valence-corrected chi connectivity index (χ3v) is 6.31. The second kappa shape index (κ2) is 7.60. The summed E-state index contributed by atoms with van der Waals surface area (Å²) in [5, 5.41) is 0. The predicted octanol–water partition coefficient (Wildman–Crippen LogP) is 1.28. The molecule has 0 spiro atoms. The van der Waals surface area contributed by atoms with Crippen molar-refractivity contribution in [2.24, 2.45) is 5.92 Å². The van der Waals surface area contributed by atoms with Crippen LogP contribution in [0.2, 0.25) is 0 Å². The van der Waals surface area contributed by atoms with Crippen LogP contribution in [0.25, 0.3) is 0 Å². The lowest BCUT2D eigenvalue weighted by molar-refractivity contribution is -0.143. The number of carbonyl (C=O) groups excluding carboxylic acids is 2. The number of para-hydroxylation sites is 1. The van der Waals surface area contributed by atoms with E-state index in [0.717, 1.165) is 45.0 Å². The zero-order chi connectivity index (χ0) is 19.0. The van der Waals surface area contributed by atoms with Crippen LogP contribution >= 0.6 is 0 Å². The van der Waals surface area contributed by atoms with Crippen molar-refractivity contribution < 1.29 is 9.59 Å². The summed E-state index contributed by atoms with van der Waals surface area (Å²) in [6.45, 7) is 11.1. The molecule has 1 unspecified atom stereocenters. The van der Waals surface area contributed by atoms with Gasteiger partial charge in [0.2, 0.25) is 11.8 Å². The molecule has 3 aliphatic heterocycles. The van der Waals surface area contributed by atoms with Gasteiger partial charge >= 0.3 is 0 Å². The molecule has 0 radical (unpaired) electrons. The van der Waals surface area contributed by atoms with Crippen LogP contribution in [-0.2, 0) is 9.59 Å². The monoisotopic (exact) mass is 370 g/mol. The van der Waals surface area contributed by atoms with Gasteiger partial charge in [-0.1, -0.05) is 18.2 Å². The Labute approximate surface area is 161 Å². The molecule has 3 saturated heterocycles. The lowest BCUT2D eigenvalue weighted by Crippen LogP contribution is -2.65. The molecule has 4 rings (SSSR count). The fourth-order valence-electron chi connectivity index (χ4n) is 4.47. The summed E-state index contributed by atoms with van der Waals surface area (Å²) in [6, 6.07) is 10.8. The van der Waals surface area contributed by atoms with Gasteiger partial charge in [-0.15, -0.1) is 0 Å². The zero-order valence-electron chi connectivity index (χ0n) is 16.4. The third-order valence-electron chi connectivity index (χ3n) is 6.31. The van der Waals surface area contributed by atoms with E-state index in [1.54, 1.807) is 4.90 Å². The first-order valence-electron chi connectivity index (χ1n) is 10.1. The van der Waals surface area contributed by atoms with Gasteiger partial charge in [-0.25, -0.2) is 0 Å². The van der Waals surface area contributed by atoms with Gasteiger partial charge in [-0.3, -0.25) is 19.4 Å². The highest BCUT2D eigenvalue weighted by Gasteiger charge is 2.42. The molecule has 1 atom stereocenters. The predicted molar refractivity (Wildman–Crippen MR) is 106 cm³/mol. The van der Waals surface area contributed by atoms with E-state index in [9.17, 15) is 9.59 Å². The van der Waals surface area contributed by atoms with Gasteiger partial charge in [-0.05, 0) is 26.0 Å². The van der Waals surface area contributed by atoms with Crippen LogP contribution < -0.4 is 4.90 Å². The zero-order valence-corrected chi connectivity index (χ0v) is 16.4. The van der Waals surface area contributed by atoms with Crippen LogP contribution in [0, 0.1) is 5.92 Å². The van der Waals surface area contributed by atoms with Crippen molar-refractivity contribution in [1.82, 2.24) is 14.7 Å². The first-order chi connectivity index (χ1) is 13.0. The second-order valence-corrected chi connectivity index (χ2v) is 8.30. The Morgan fingerprint density at radius 3 is 2.30 bits per heavy atom. The number of benzene rings is 1. The molecule has 0 aromatic heterocycles. The Bertz CT molecular complexity index is 679. The summed E-state index contributed by atoms with van der Waals surface area (Å²) in [7, 11) is 0. The van der Waals surface area contributed by atoms with Crippen LogP contribution in [0.15, 0.2) is 30.3 Å². The molecule has 3 heterocycles. The first kappa shape index (κ1) is 18.4. The number of hydrogen-bond donors (Lipinski definition) is 0. The standard InChI is InChI=1S/C21H30N4O2/c1-16(2)22-8-10-23(11-9-22)19-14-24(15-19)21(27)17-12-20(26)25(13-17)18-6-4-3-5-7-18/h3-7,16-17,19H,8-15H2,1-2H3. The number of nitrogens with zero attached hydrogens (tertiary/aromatic N) is 4. The molecule has 6 heteroatoms. The summed E-state index contributed by atoms with van der Waals surface area (Å²) in [5.74, 6) is 0.0109. The maximum atomic E-state index is 12.8. The van der Waals surface area contributed by atoms with E-state index in [4.69, 9.17) is 0 Å². The number of carbonyl (C=O) groups is 2. The molecule has 0 aliphatic carbocycles. The van der Waals surface area contributed by atoms with Crippen LogP contribution in [0.5, 0.6) is 0 Å². The van der Waals surface area contributed by atoms with Crippen LogP contribution in [0.4, 0.5) is 5.69 Å². The highest BCUT2D eigenvalue weighted by Crippen LogP contribution is 2.28. The minimum absolute atomic E-state index is 0.0569. The lowest BCUT2D eigenvalue weighted by Gasteiger charge is -2.49. The molecule has 2 amide bonds. The highest BCUT2D eigenvalue weighted by atomic mass is 16.2. The summed E-state index contributed by atoms with van der Waals surface area (Å²) in [6.07, 6.45) is 0.335. The van der Waals surface area contributed by atoms with E-state index >= 15 is 0 Å². The first-order valence-corrected chi connectivity index (χ1v) is 10.1. The maximum absolute atomic E-state index is 12.8. The van der Waals surface area contributed by atoms with Crippen molar-refractivity contribution in [3.05, 3.63) is 30.3 Å². The quantitative estimate of drug-likeness (QED) is 0.801. The Morgan fingerprint density at radius 1 is 1.00 bits per heavy atom. The average molecular weight is 370 g/mol. The van der Waals surface area contributed by atoms with Gasteiger partial charge in [0, 0.05) is 70.0 Å². The second-order valence-electron chi connectivity index (χ2n) is 8.30. The molecule has 1 aromatic carbocycles. The minimum atomic E-state index is -0.198. The van der Waals surface area contributed by atoms with Gasteiger partial charge in [0.05, 0.1) is 5.92 Å². The molecular weight excluding hydrogens is 340 g/mol. The number of hydrogen-bond acceptors (Lipinski definition) is 4. The normalized spacial score (nSPS) is 25.3. The van der Waals surface area contributed by atoms with E-state index in [1.807, 2.05) is 35.2 Å². The number of likely N-dealkylation sites (tertiary alicyclic amines) is 1. The molecule has 3 fully saturated rings. The summed E-state index contributed by atoms with van der Waals surface area (Å²) in [4.78, 5) is 33.9. The number of rotatable bonds is 4. The van der Waals surface area contributed by atoms with Crippen LogP contribution in [0.3, 0.4) is 0 Å². The Hall–Kier alpha value is -1.92. The number of anilines is 1. The Morgan fingerprint density at radius 2 is 1.67 bits per heavy atom. The van der Waals surface area contributed by atoms with Crippen molar-refractivity contribution >= 4 is 17.5 Å². The molecule has 0 N–H and O–H groups in total. The fraction of sp³-hybridized carbons (Fsp3) is 0.619. The SMILES string of the molecule is CC(C)N1CCN(C2CN(C(=O)C3CC(=O)N(c4ccccc4)C3)C2)CC1. The fourth-order valence-corrected chi connectivity index (χ4v) is 4.47. The molecule has 146 valence electrons. The van der Waals surface area contributed by atoms with Gasteiger partial charge < -0.3 is 9.80 Å². The van der Waals surface area contributed by atoms with Crippen molar-refractivity contribution in [1.29, 1.82) is 0 Å².